The van der Waals surface area contributed by atoms with Crippen molar-refractivity contribution in [2.75, 3.05) is 11.9 Å². The maximum absolute atomic E-state index is 5.32. The molecular weight excluding hydrogens is 272 g/mol. The quantitative estimate of drug-likeness (QED) is 0.818. The van der Waals surface area contributed by atoms with E-state index in [1.54, 1.807) is 11.3 Å². The molecule has 0 fully saturated rings. The maximum Gasteiger partial charge on any atom is 0.170 e. The minimum atomic E-state index is 0.692. The summed E-state index contributed by atoms with van der Waals surface area (Å²) in [5.74, 6) is 0. The number of rotatable bonds is 5. The van der Waals surface area contributed by atoms with E-state index >= 15 is 0 Å². The molecule has 2 aromatic rings. The van der Waals surface area contributed by atoms with E-state index in [1.807, 2.05) is 6.07 Å². The molecule has 19 heavy (non-hydrogen) atoms. The predicted octanol–water partition coefficient (Wildman–Crippen LogP) is 3.84. The van der Waals surface area contributed by atoms with E-state index in [4.69, 9.17) is 12.2 Å². The molecule has 0 saturated carbocycles. The molecule has 100 valence electrons. The first-order chi connectivity index (χ1) is 9.29. The van der Waals surface area contributed by atoms with Gasteiger partial charge in [-0.05, 0) is 48.1 Å². The molecule has 2 nitrogen and oxygen atoms in total. The fourth-order valence-corrected chi connectivity index (χ4v) is 2.79. The number of hydrogen-bond donors (Lipinski definition) is 2. The SMILES string of the molecule is CCc1ccccc1NC(=S)NCCc1cccs1. The minimum Gasteiger partial charge on any atom is -0.362 e. The standard InChI is InChI=1S/C15H18N2S2/c1-2-12-6-3-4-8-14(12)17-15(18)16-10-9-13-7-5-11-19-13/h3-8,11H,2,9-10H2,1H3,(H2,16,17,18). The van der Waals surface area contributed by atoms with Crippen molar-refractivity contribution in [3.8, 4) is 0 Å². The van der Waals surface area contributed by atoms with Crippen LogP contribution in [0.2, 0.25) is 0 Å². The highest BCUT2D eigenvalue weighted by Crippen LogP contribution is 2.15. The summed E-state index contributed by atoms with van der Waals surface area (Å²) in [4.78, 5) is 1.38. The van der Waals surface area contributed by atoms with E-state index in [-0.39, 0.29) is 0 Å². The molecule has 1 aromatic heterocycles. The molecule has 0 spiro atoms. The van der Waals surface area contributed by atoms with E-state index in [0.29, 0.717) is 5.11 Å². The maximum atomic E-state index is 5.32. The number of anilines is 1. The molecule has 0 aliphatic rings. The Hall–Kier alpha value is -1.39. The Balaban J connectivity index is 1.80. The second-order valence-corrected chi connectivity index (χ2v) is 5.66. The molecule has 0 radical (unpaired) electrons. The molecule has 0 amide bonds. The summed E-state index contributed by atoms with van der Waals surface area (Å²) >= 11 is 7.10. The van der Waals surface area contributed by atoms with Gasteiger partial charge in [0.05, 0.1) is 0 Å². The summed E-state index contributed by atoms with van der Waals surface area (Å²) in [5.41, 5.74) is 2.38. The summed E-state index contributed by atoms with van der Waals surface area (Å²) in [7, 11) is 0. The molecule has 1 heterocycles. The average Bonchev–Trinajstić information content (AvgIpc) is 2.92. The molecule has 4 heteroatoms. The van der Waals surface area contributed by atoms with Gasteiger partial charge in [0, 0.05) is 17.1 Å². The Morgan fingerprint density at radius 2 is 2.05 bits per heavy atom. The molecule has 0 atom stereocenters. The van der Waals surface area contributed by atoms with Crippen LogP contribution in [0.25, 0.3) is 0 Å². The summed E-state index contributed by atoms with van der Waals surface area (Å²) in [5, 5.41) is 9.31. The highest BCUT2D eigenvalue weighted by atomic mass is 32.1. The molecule has 0 saturated heterocycles. The van der Waals surface area contributed by atoms with E-state index in [2.05, 4.69) is 53.3 Å². The van der Waals surface area contributed by atoms with Crippen molar-refractivity contribution in [1.29, 1.82) is 0 Å². The van der Waals surface area contributed by atoms with E-state index in [0.717, 1.165) is 25.1 Å². The highest BCUT2D eigenvalue weighted by Gasteiger charge is 2.02. The number of nitrogens with one attached hydrogen (secondary N) is 2. The van der Waals surface area contributed by atoms with Crippen LogP contribution in [0.15, 0.2) is 41.8 Å². The van der Waals surface area contributed by atoms with Gasteiger partial charge in [0.2, 0.25) is 0 Å². The number of hydrogen-bond acceptors (Lipinski definition) is 2. The van der Waals surface area contributed by atoms with Gasteiger partial charge in [0.1, 0.15) is 0 Å². The van der Waals surface area contributed by atoms with Crippen molar-refractivity contribution >= 4 is 34.4 Å². The van der Waals surface area contributed by atoms with Gasteiger partial charge >= 0.3 is 0 Å². The Labute approximate surface area is 123 Å². The molecule has 0 aliphatic carbocycles. The average molecular weight is 290 g/mol. The molecule has 2 rings (SSSR count). The van der Waals surface area contributed by atoms with Crippen LogP contribution in [0, 0.1) is 0 Å². The minimum absolute atomic E-state index is 0.692. The second-order valence-electron chi connectivity index (χ2n) is 4.22. The fourth-order valence-electron chi connectivity index (χ4n) is 1.87. The monoisotopic (exact) mass is 290 g/mol. The Morgan fingerprint density at radius 3 is 2.79 bits per heavy atom. The number of para-hydroxylation sites is 1. The lowest BCUT2D eigenvalue weighted by molar-refractivity contribution is 0.885. The van der Waals surface area contributed by atoms with Crippen LogP contribution in [0.4, 0.5) is 5.69 Å². The zero-order valence-corrected chi connectivity index (χ0v) is 12.6. The lowest BCUT2D eigenvalue weighted by Gasteiger charge is -2.13. The van der Waals surface area contributed by atoms with Crippen molar-refractivity contribution in [1.82, 2.24) is 5.32 Å². The van der Waals surface area contributed by atoms with Crippen LogP contribution in [-0.4, -0.2) is 11.7 Å². The van der Waals surface area contributed by atoms with Crippen molar-refractivity contribution < 1.29 is 0 Å². The van der Waals surface area contributed by atoms with Crippen LogP contribution < -0.4 is 10.6 Å². The summed E-state index contributed by atoms with van der Waals surface area (Å²) in [6.45, 7) is 3.01. The smallest absolute Gasteiger partial charge is 0.170 e. The Morgan fingerprint density at radius 1 is 1.21 bits per heavy atom. The Bertz CT molecular complexity index is 521. The molecular formula is C15H18N2S2. The van der Waals surface area contributed by atoms with E-state index in [1.165, 1.54) is 10.4 Å². The molecule has 0 bridgehead atoms. The van der Waals surface area contributed by atoms with Crippen LogP contribution in [0.3, 0.4) is 0 Å². The first-order valence-corrected chi connectivity index (χ1v) is 7.73. The molecule has 1 aromatic carbocycles. The summed E-state index contributed by atoms with van der Waals surface area (Å²) < 4.78 is 0. The normalized spacial score (nSPS) is 10.2. The van der Waals surface area contributed by atoms with Gasteiger partial charge in [0.15, 0.2) is 5.11 Å². The number of aryl methyl sites for hydroxylation is 1. The van der Waals surface area contributed by atoms with Crippen molar-refractivity contribution in [3.63, 3.8) is 0 Å². The highest BCUT2D eigenvalue weighted by molar-refractivity contribution is 7.80. The van der Waals surface area contributed by atoms with Crippen LogP contribution >= 0.6 is 23.6 Å². The molecule has 0 unspecified atom stereocenters. The lowest BCUT2D eigenvalue weighted by Crippen LogP contribution is -2.30. The number of thiocarbonyl (C=S) groups is 1. The van der Waals surface area contributed by atoms with Crippen LogP contribution in [-0.2, 0) is 12.8 Å². The van der Waals surface area contributed by atoms with E-state index in [9.17, 15) is 0 Å². The lowest BCUT2D eigenvalue weighted by atomic mass is 10.1. The Kier molecular flexibility index (Phi) is 5.36. The van der Waals surface area contributed by atoms with Crippen LogP contribution in [0.5, 0.6) is 0 Å². The third kappa shape index (κ3) is 4.33. The summed E-state index contributed by atoms with van der Waals surface area (Å²) in [6.07, 6.45) is 2.01. The predicted molar refractivity (Wildman–Crippen MR) is 88.1 cm³/mol. The van der Waals surface area contributed by atoms with Gasteiger partial charge in [-0.25, -0.2) is 0 Å². The van der Waals surface area contributed by atoms with Crippen molar-refractivity contribution in [2.24, 2.45) is 0 Å². The number of thiophene rings is 1. The largest absolute Gasteiger partial charge is 0.362 e. The zero-order valence-electron chi connectivity index (χ0n) is 11.0. The van der Waals surface area contributed by atoms with Crippen molar-refractivity contribution in [2.45, 2.75) is 19.8 Å². The van der Waals surface area contributed by atoms with E-state index < -0.39 is 0 Å². The van der Waals surface area contributed by atoms with Gasteiger partial charge in [-0.3, -0.25) is 0 Å². The first kappa shape index (κ1) is 14.0. The van der Waals surface area contributed by atoms with Crippen LogP contribution in [0.1, 0.15) is 17.4 Å². The first-order valence-electron chi connectivity index (χ1n) is 6.44. The topological polar surface area (TPSA) is 24.1 Å². The van der Waals surface area contributed by atoms with Gasteiger partial charge in [-0.2, -0.15) is 0 Å². The molecule has 0 aliphatic heterocycles. The zero-order chi connectivity index (χ0) is 13.5. The summed E-state index contributed by atoms with van der Waals surface area (Å²) in [6, 6.07) is 12.5. The third-order valence-corrected chi connectivity index (χ3v) is 4.07. The van der Waals surface area contributed by atoms with Gasteiger partial charge < -0.3 is 10.6 Å². The van der Waals surface area contributed by atoms with Crippen molar-refractivity contribution in [3.05, 3.63) is 52.2 Å². The molecule has 2 N–H and O–H groups in total. The fraction of sp³-hybridized carbons (Fsp3) is 0.267. The number of benzene rings is 1. The van der Waals surface area contributed by atoms with Gasteiger partial charge in [-0.1, -0.05) is 31.2 Å². The van der Waals surface area contributed by atoms with Gasteiger partial charge in [-0.15, -0.1) is 11.3 Å². The second kappa shape index (κ2) is 7.26. The van der Waals surface area contributed by atoms with Gasteiger partial charge in [0.25, 0.3) is 0 Å². The third-order valence-electron chi connectivity index (χ3n) is 2.88.